The molecule has 0 saturated heterocycles. The summed E-state index contributed by atoms with van der Waals surface area (Å²) in [5, 5.41) is 2.54. The van der Waals surface area contributed by atoms with E-state index < -0.39 is 34.5 Å². The molecule has 0 unspecified atom stereocenters. The fourth-order valence-electron chi connectivity index (χ4n) is 3.16. The number of hydrogen-bond acceptors (Lipinski definition) is 9. The standard InChI is InChI=1S/C25H33NO9S/c1-5-22(34-18-30-2)24(32-16-20-11-13-21(31-3)14-12-20)23(35-36(4,28)29)15-26-25(27)33-17-19-9-7-6-8-10-19/h5-14,22-24H,1,15-18H2,2-4H3,(H,26,27)/t22-,23-,24+/m1/s1. The van der Waals surface area contributed by atoms with Gasteiger partial charge >= 0.3 is 6.09 Å². The highest BCUT2D eigenvalue weighted by Crippen LogP contribution is 2.19. The van der Waals surface area contributed by atoms with Gasteiger partial charge in [-0.15, -0.1) is 6.58 Å². The second-order valence-corrected chi connectivity index (χ2v) is 9.28. The molecule has 36 heavy (non-hydrogen) atoms. The van der Waals surface area contributed by atoms with Crippen LogP contribution in [0.1, 0.15) is 11.1 Å². The number of carbonyl (C=O) groups excluding carboxylic acids is 1. The molecule has 0 radical (unpaired) electrons. The summed E-state index contributed by atoms with van der Waals surface area (Å²) in [6.07, 6.45) is -1.36. The predicted octanol–water partition coefficient (Wildman–Crippen LogP) is 3.03. The number of carbonyl (C=O) groups is 1. The maximum absolute atomic E-state index is 12.3. The van der Waals surface area contributed by atoms with Gasteiger partial charge in [0.15, 0.2) is 0 Å². The first kappa shape index (κ1) is 29.3. The van der Waals surface area contributed by atoms with Crippen molar-refractivity contribution in [2.75, 3.05) is 33.8 Å². The number of rotatable bonds is 16. The van der Waals surface area contributed by atoms with E-state index in [0.717, 1.165) is 17.4 Å². The summed E-state index contributed by atoms with van der Waals surface area (Å²) >= 11 is 0. The number of amides is 1. The van der Waals surface area contributed by atoms with Gasteiger partial charge in [0, 0.05) is 7.11 Å². The quantitative estimate of drug-likeness (QED) is 0.201. The highest BCUT2D eigenvalue weighted by Gasteiger charge is 2.34. The predicted molar refractivity (Wildman–Crippen MR) is 133 cm³/mol. The van der Waals surface area contributed by atoms with Crippen molar-refractivity contribution in [3.63, 3.8) is 0 Å². The van der Waals surface area contributed by atoms with Crippen LogP contribution in [-0.2, 0) is 46.5 Å². The van der Waals surface area contributed by atoms with Crippen LogP contribution in [0, 0.1) is 0 Å². The lowest BCUT2D eigenvalue weighted by atomic mass is 10.1. The largest absolute Gasteiger partial charge is 0.497 e. The first-order chi connectivity index (χ1) is 17.3. The molecule has 3 atom stereocenters. The van der Waals surface area contributed by atoms with Crippen molar-refractivity contribution in [1.82, 2.24) is 5.32 Å². The maximum atomic E-state index is 12.3. The molecule has 198 valence electrons. The summed E-state index contributed by atoms with van der Waals surface area (Å²) in [4.78, 5) is 12.3. The molecule has 2 aromatic rings. The van der Waals surface area contributed by atoms with Crippen LogP contribution in [0.5, 0.6) is 5.75 Å². The van der Waals surface area contributed by atoms with Crippen LogP contribution in [-0.4, -0.2) is 66.6 Å². The second-order valence-electron chi connectivity index (χ2n) is 7.68. The molecule has 0 aliphatic heterocycles. The minimum Gasteiger partial charge on any atom is -0.497 e. The van der Waals surface area contributed by atoms with Gasteiger partial charge in [0.2, 0.25) is 0 Å². The van der Waals surface area contributed by atoms with E-state index in [9.17, 15) is 13.2 Å². The van der Waals surface area contributed by atoms with Gasteiger partial charge in [0.25, 0.3) is 10.1 Å². The van der Waals surface area contributed by atoms with E-state index in [2.05, 4.69) is 11.9 Å². The van der Waals surface area contributed by atoms with Gasteiger partial charge in [-0.05, 0) is 23.3 Å². The minimum absolute atomic E-state index is 0.0495. The molecule has 1 amide bonds. The lowest BCUT2D eigenvalue weighted by molar-refractivity contribution is -0.138. The third-order valence-electron chi connectivity index (χ3n) is 4.86. The summed E-state index contributed by atoms with van der Waals surface area (Å²) in [5.74, 6) is 0.680. The van der Waals surface area contributed by atoms with Crippen molar-refractivity contribution in [1.29, 1.82) is 0 Å². The average molecular weight is 524 g/mol. The third kappa shape index (κ3) is 10.8. The molecule has 2 rings (SSSR count). The minimum atomic E-state index is -3.94. The first-order valence-corrected chi connectivity index (χ1v) is 12.9. The lowest BCUT2D eigenvalue weighted by Gasteiger charge is -2.31. The fraction of sp³-hybridized carbons (Fsp3) is 0.400. The number of ether oxygens (including phenoxy) is 5. The molecule has 2 aromatic carbocycles. The average Bonchev–Trinajstić information content (AvgIpc) is 2.87. The van der Waals surface area contributed by atoms with Crippen LogP contribution < -0.4 is 10.1 Å². The fourth-order valence-corrected chi connectivity index (χ4v) is 3.79. The van der Waals surface area contributed by atoms with Crippen molar-refractivity contribution in [3.05, 3.63) is 78.4 Å². The van der Waals surface area contributed by atoms with Crippen LogP contribution in [0.15, 0.2) is 67.3 Å². The van der Waals surface area contributed by atoms with E-state index >= 15 is 0 Å². The van der Waals surface area contributed by atoms with Gasteiger partial charge in [0.05, 0.1) is 26.5 Å². The van der Waals surface area contributed by atoms with E-state index in [4.69, 9.17) is 27.9 Å². The van der Waals surface area contributed by atoms with Gasteiger partial charge in [-0.1, -0.05) is 48.5 Å². The van der Waals surface area contributed by atoms with Crippen molar-refractivity contribution in [2.24, 2.45) is 0 Å². The van der Waals surface area contributed by atoms with Crippen LogP contribution in [0.25, 0.3) is 0 Å². The summed E-state index contributed by atoms with van der Waals surface area (Å²) in [6, 6.07) is 16.3. The Labute approximate surface area is 212 Å². The van der Waals surface area contributed by atoms with E-state index in [1.165, 1.54) is 13.2 Å². The van der Waals surface area contributed by atoms with E-state index in [1.807, 2.05) is 30.3 Å². The first-order valence-electron chi connectivity index (χ1n) is 11.1. The molecule has 0 saturated carbocycles. The molecule has 0 aromatic heterocycles. The molecule has 0 aliphatic carbocycles. The van der Waals surface area contributed by atoms with Gasteiger partial charge in [-0.3, -0.25) is 4.18 Å². The normalized spacial score (nSPS) is 13.9. The Kier molecular flexibility index (Phi) is 12.4. The molecule has 0 bridgehead atoms. The Hall–Kier alpha value is -2.96. The number of nitrogens with one attached hydrogen (secondary N) is 1. The number of benzene rings is 2. The second kappa shape index (κ2) is 15.2. The highest BCUT2D eigenvalue weighted by atomic mass is 32.2. The van der Waals surface area contributed by atoms with Crippen molar-refractivity contribution in [2.45, 2.75) is 31.5 Å². The molecular weight excluding hydrogens is 490 g/mol. The molecule has 0 spiro atoms. The Morgan fingerprint density at radius 2 is 1.67 bits per heavy atom. The molecule has 10 nitrogen and oxygen atoms in total. The van der Waals surface area contributed by atoms with Crippen LogP contribution in [0.3, 0.4) is 0 Å². The van der Waals surface area contributed by atoms with Gasteiger partial charge in [0.1, 0.15) is 37.5 Å². The Bertz CT molecular complexity index is 1030. The highest BCUT2D eigenvalue weighted by molar-refractivity contribution is 7.86. The SMILES string of the molecule is C=C[C@@H](OCOC)[C@H](OCc1ccc(OC)cc1)[C@@H](CNC(=O)OCc1ccccc1)OS(C)(=O)=O. The van der Waals surface area contributed by atoms with Gasteiger partial charge in [-0.2, -0.15) is 8.42 Å². The Balaban J connectivity index is 2.15. The molecule has 0 heterocycles. The number of alkyl carbamates (subject to hydrolysis) is 1. The Morgan fingerprint density at radius 1 is 1.00 bits per heavy atom. The van der Waals surface area contributed by atoms with Gasteiger partial charge in [-0.25, -0.2) is 4.79 Å². The van der Waals surface area contributed by atoms with Crippen molar-refractivity contribution < 1.29 is 41.1 Å². The zero-order valence-electron chi connectivity index (χ0n) is 20.6. The van der Waals surface area contributed by atoms with Crippen LogP contribution in [0.4, 0.5) is 4.79 Å². The van der Waals surface area contributed by atoms with E-state index in [-0.39, 0.29) is 26.6 Å². The summed E-state index contributed by atoms with van der Waals surface area (Å²) in [6.45, 7) is 3.56. The molecule has 0 aliphatic rings. The molecule has 0 fully saturated rings. The zero-order chi connectivity index (χ0) is 26.4. The summed E-state index contributed by atoms with van der Waals surface area (Å²) in [5.41, 5.74) is 1.60. The van der Waals surface area contributed by atoms with Crippen molar-refractivity contribution in [3.8, 4) is 5.75 Å². The smallest absolute Gasteiger partial charge is 0.407 e. The number of hydrogen-bond donors (Lipinski definition) is 1. The molecule has 11 heteroatoms. The molecular formula is C25H33NO9S. The van der Waals surface area contributed by atoms with E-state index in [1.54, 1.807) is 31.4 Å². The monoisotopic (exact) mass is 523 g/mol. The van der Waals surface area contributed by atoms with Gasteiger partial charge < -0.3 is 29.0 Å². The number of methoxy groups -OCH3 is 2. The van der Waals surface area contributed by atoms with Crippen LogP contribution >= 0.6 is 0 Å². The third-order valence-corrected chi connectivity index (χ3v) is 5.46. The van der Waals surface area contributed by atoms with Crippen molar-refractivity contribution >= 4 is 16.2 Å². The summed E-state index contributed by atoms with van der Waals surface area (Å²) in [7, 11) is -0.925. The zero-order valence-corrected chi connectivity index (χ0v) is 21.4. The topological polar surface area (TPSA) is 119 Å². The molecule has 1 N–H and O–H groups in total. The van der Waals surface area contributed by atoms with E-state index in [0.29, 0.717) is 5.75 Å². The van der Waals surface area contributed by atoms with Crippen LogP contribution in [0.2, 0.25) is 0 Å². The summed E-state index contributed by atoms with van der Waals surface area (Å²) < 4.78 is 56.4. The Morgan fingerprint density at radius 3 is 2.25 bits per heavy atom. The lowest BCUT2D eigenvalue weighted by Crippen LogP contribution is -2.48. The maximum Gasteiger partial charge on any atom is 0.407 e.